The minimum Gasteiger partial charge on any atom is -0.508 e. The lowest BCUT2D eigenvalue weighted by molar-refractivity contribution is 0.122. The van der Waals surface area contributed by atoms with Gasteiger partial charge in [-0.1, -0.05) is 30.3 Å². The van der Waals surface area contributed by atoms with Gasteiger partial charge in [-0.25, -0.2) is 0 Å². The Bertz CT molecular complexity index is 622. The second-order valence-electron chi connectivity index (χ2n) is 5.92. The van der Waals surface area contributed by atoms with Crippen molar-refractivity contribution in [2.45, 2.75) is 19.5 Å². The number of ether oxygens (including phenoxy) is 1. The van der Waals surface area contributed by atoms with Gasteiger partial charge in [0.05, 0.1) is 13.2 Å². The van der Waals surface area contributed by atoms with Crippen LogP contribution in [-0.4, -0.2) is 31.4 Å². The summed E-state index contributed by atoms with van der Waals surface area (Å²) in [7, 11) is 0. The number of para-hydroxylation sites is 1. The lowest BCUT2D eigenvalue weighted by atomic mass is 10.1. The number of hydrogen-bond acceptors (Lipinski definition) is 4. The van der Waals surface area contributed by atoms with E-state index >= 15 is 0 Å². The minimum atomic E-state index is 0.230. The summed E-state index contributed by atoms with van der Waals surface area (Å²) in [5.41, 5.74) is 3.42. The Morgan fingerprint density at radius 2 is 1.78 bits per heavy atom. The van der Waals surface area contributed by atoms with E-state index in [4.69, 9.17) is 4.74 Å². The smallest absolute Gasteiger partial charge is 0.120 e. The zero-order valence-electron chi connectivity index (χ0n) is 13.5. The Labute approximate surface area is 137 Å². The van der Waals surface area contributed by atoms with Gasteiger partial charge in [0.2, 0.25) is 0 Å². The number of morpholine rings is 1. The van der Waals surface area contributed by atoms with Crippen LogP contribution in [0.5, 0.6) is 5.75 Å². The lowest BCUT2D eigenvalue weighted by Gasteiger charge is -2.29. The third-order valence-corrected chi connectivity index (χ3v) is 4.36. The molecule has 2 aromatic rings. The molecule has 1 aliphatic heterocycles. The first kappa shape index (κ1) is 15.8. The quantitative estimate of drug-likeness (QED) is 0.890. The van der Waals surface area contributed by atoms with Crippen molar-refractivity contribution in [2.75, 3.05) is 31.2 Å². The molecule has 4 heteroatoms. The summed E-state index contributed by atoms with van der Waals surface area (Å²) in [5.74, 6) is 0.342. The zero-order chi connectivity index (χ0) is 16.1. The third-order valence-electron chi connectivity index (χ3n) is 4.36. The Morgan fingerprint density at radius 3 is 2.48 bits per heavy atom. The van der Waals surface area contributed by atoms with Gasteiger partial charge in [0.1, 0.15) is 5.75 Å². The van der Waals surface area contributed by atoms with E-state index in [9.17, 15) is 5.11 Å². The van der Waals surface area contributed by atoms with E-state index in [1.165, 1.54) is 11.3 Å². The van der Waals surface area contributed by atoms with Crippen LogP contribution in [-0.2, 0) is 11.3 Å². The highest BCUT2D eigenvalue weighted by Crippen LogP contribution is 2.21. The standard InChI is InChI=1S/C19H24N2O2/c1-15(20-14-17-4-2-3-5-19(17)22)16-6-8-18(9-7-16)21-10-12-23-13-11-21/h2-9,15,20,22H,10-14H2,1H3/t15-/m1/s1. The van der Waals surface area contributed by atoms with Crippen molar-refractivity contribution in [2.24, 2.45) is 0 Å². The molecule has 2 aromatic carbocycles. The molecule has 0 aliphatic carbocycles. The fourth-order valence-corrected chi connectivity index (χ4v) is 2.84. The summed E-state index contributed by atoms with van der Waals surface area (Å²) in [5, 5.41) is 13.3. The van der Waals surface area contributed by atoms with Gasteiger partial charge in [-0.15, -0.1) is 0 Å². The Hall–Kier alpha value is -2.04. The predicted molar refractivity (Wildman–Crippen MR) is 92.8 cm³/mol. The van der Waals surface area contributed by atoms with Crippen LogP contribution in [0.4, 0.5) is 5.69 Å². The van der Waals surface area contributed by atoms with E-state index in [1.807, 2.05) is 18.2 Å². The van der Waals surface area contributed by atoms with E-state index in [0.29, 0.717) is 12.3 Å². The first-order valence-electron chi connectivity index (χ1n) is 8.17. The third kappa shape index (κ3) is 4.03. The molecule has 1 aliphatic rings. The van der Waals surface area contributed by atoms with E-state index < -0.39 is 0 Å². The summed E-state index contributed by atoms with van der Waals surface area (Å²) in [4.78, 5) is 2.35. The van der Waals surface area contributed by atoms with Gasteiger partial charge in [-0.3, -0.25) is 0 Å². The molecule has 0 amide bonds. The summed E-state index contributed by atoms with van der Waals surface area (Å²) in [6.45, 7) is 6.32. The van der Waals surface area contributed by atoms with Crippen LogP contribution >= 0.6 is 0 Å². The maximum Gasteiger partial charge on any atom is 0.120 e. The van der Waals surface area contributed by atoms with Crippen molar-refractivity contribution < 1.29 is 9.84 Å². The number of nitrogens with one attached hydrogen (secondary N) is 1. The van der Waals surface area contributed by atoms with Crippen molar-refractivity contribution in [3.63, 3.8) is 0 Å². The Kier molecular flexibility index (Phi) is 5.16. The summed E-state index contributed by atoms with van der Waals surface area (Å²) >= 11 is 0. The molecule has 1 heterocycles. The van der Waals surface area contributed by atoms with Crippen LogP contribution in [0.3, 0.4) is 0 Å². The van der Waals surface area contributed by atoms with E-state index in [-0.39, 0.29) is 6.04 Å². The molecule has 0 saturated carbocycles. The molecule has 0 bridgehead atoms. The molecule has 122 valence electrons. The fourth-order valence-electron chi connectivity index (χ4n) is 2.84. The highest BCUT2D eigenvalue weighted by molar-refractivity contribution is 5.48. The molecule has 1 saturated heterocycles. The van der Waals surface area contributed by atoms with Gasteiger partial charge in [0, 0.05) is 36.9 Å². The van der Waals surface area contributed by atoms with E-state index in [2.05, 4.69) is 41.4 Å². The van der Waals surface area contributed by atoms with Gasteiger partial charge in [0.25, 0.3) is 0 Å². The number of aromatic hydroxyl groups is 1. The molecule has 1 atom stereocenters. The van der Waals surface area contributed by atoms with Crippen LogP contribution in [0, 0.1) is 0 Å². The van der Waals surface area contributed by atoms with Crippen molar-refractivity contribution in [3.05, 3.63) is 59.7 Å². The largest absolute Gasteiger partial charge is 0.508 e. The number of phenolic OH excluding ortho intramolecular Hbond substituents is 1. The van der Waals surface area contributed by atoms with Crippen molar-refractivity contribution >= 4 is 5.69 Å². The first-order valence-corrected chi connectivity index (χ1v) is 8.17. The first-order chi connectivity index (χ1) is 11.2. The summed E-state index contributed by atoms with van der Waals surface area (Å²) in [6.07, 6.45) is 0. The normalized spacial score (nSPS) is 16.3. The second kappa shape index (κ2) is 7.49. The van der Waals surface area contributed by atoms with Gasteiger partial charge < -0.3 is 20.1 Å². The number of rotatable bonds is 5. The number of phenols is 1. The maximum absolute atomic E-state index is 9.82. The zero-order valence-corrected chi connectivity index (χ0v) is 13.5. The monoisotopic (exact) mass is 312 g/mol. The number of anilines is 1. The van der Waals surface area contributed by atoms with E-state index in [0.717, 1.165) is 31.9 Å². The average molecular weight is 312 g/mol. The molecule has 23 heavy (non-hydrogen) atoms. The fraction of sp³-hybridized carbons (Fsp3) is 0.368. The number of benzene rings is 2. The highest BCUT2D eigenvalue weighted by atomic mass is 16.5. The molecule has 0 aromatic heterocycles. The number of hydrogen-bond donors (Lipinski definition) is 2. The van der Waals surface area contributed by atoms with Gasteiger partial charge in [-0.05, 0) is 30.7 Å². The molecular formula is C19H24N2O2. The summed E-state index contributed by atoms with van der Waals surface area (Å²) in [6, 6.07) is 16.4. The summed E-state index contributed by atoms with van der Waals surface area (Å²) < 4.78 is 5.39. The van der Waals surface area contributed by atoms with Crippen molar-refractivity contribution in [3.8, 4) is 5.75 Å². The van der Waals surface area contributed by atoms with Crippen LogP contribution in [0.2, 0.25) is 0 Å². The molecule has 3 rings (SSSR count). The van der Waals surface area contributed by atoms with E-state index in [1.54, 1.807) is 6.07 Å². The molecule has 0 unspecified atom stereocenters. The van der Waals surface area contributed by atoms with Crippen LogP contribution in [0.25, 0.3) is 0 Å². The highest BCUT2D eigenvalue weighted by Gasteiger charge is 2.12. The van der Waals surface area contributed by atoms with Crippen LogP contribution in [0.15, 0.2) is 48.5 Å². The predicted octanol–water partition coefficient (Wildman–Crippen LogP) is 3.08. The second-order valence-corrected chi connectivity index (χ2v) is 5.92. The molecule has 2 N–H and O–H groups in total. The molecule has 1 fully saturated rings. The van der Waals surface area contributed by atoms with Gasteiger partial charge in [0.15, 0.2) is 0 Å². The van der Waals surface area contributed by atoms with Gasteiger partial charge >= 0.3 is 0 Å². The average Bonchev–Trinajstić information content (AvgIpc) is 2.62. The molecule has 4 nitrogen and oxygen atoms in total. The molecule has 0 spiro atoms. The SMILES string of the molecule is C[C@@H](NCc1ccccc1O)c1ccc(N2CCOCC2)cc1. The van der Waals surface area contributed by atoms with Crippen LogP contribution < -0.4 is 10.2 Å². The number of nitrogens with zero attached hydrogens (tertiary/aromatic N) is 1. The van der Waals surface area contributed by atoms with Crippen LogP contribution in [0.1, 0.15) is 24.1 Å². The Balaban J connectivity index is 1.59. The topological polar surface area (TPSA) is 44.7 Å². The lowest BCUT2D eigenvalue weighted by Crippen LogP contribution is -2.36. The minimum absolute atomic E-state index is 0.230. The Morgan fingerprint density at radius 1 is 1.09 bits per heavy atom. The molecular weight excluding hydrogens is 288 g/mol. The van der Waals surface area contributed by atoms with Crippen molar-refractivity contribution in [1.82, 2.24) is 5.32 Å². The maximum atomic E-state index is 9.82. The van der Waals surface area contributed by atoms with Gasteiger partial charge in [-0.2, -0.15) is 0 Å². The van der Waals surface area contributed by atoms with Crippen molar-refractivity contribution in [1.29, 1.82) is 0 Å². The molecule has 0 radical (unpaired) electrons.